The molecule has 13 heavy (non-hydrogen) atoms. The Hall–Kier alpha value is 0.270. The topological polar surface area (TPSA) is 15.3 Å². The minimum absolute atomic E-state index is 0.754. The summed E-state index contributed by atoms with van der Waals surface area (Å²) in [5.41, 5.74) is 0. The highest BCUT2D eigenvalue weighted by atomic mass is 32.2. The first-order chi connectivity index (χ1) is 6.34. The molecule has 0 aromatic heterocycles. The Morgan fingerprint density at radius 3 is 3.00 bits per heavy atom. The molecule has 1 unspecified atom stereocenters. The summed E-state index contributed by atoms with van der Waals surface area (Å²) in [5, 5.41) is 3.44. The molecule has 1 heterocycles. The van der Waals surface area contributed by atoms with E-state index >= 15 is 0 Å². The lowest BCUT2D eigenvalue weighted by atomic mass is 10.3. The maximum absolute atomic E-state index is 3.44. The fourth-order valence-electron chi connectivity index (χ4n) is 1.70. The summed E-state index contributed by atoms with van der Waals surface area (Å²) in [6, 6.07) is 0.754. The second-order valence-electron chi connectivity index (χ2n) is 3.65. The lowest BCUT2D eigenvalue weighted by Crippen LogP contribution is -2.37. The Bertz CT molecular complexity index is 122. The van der Waals surface area contributed by atoms with Gasteiger partial charge in [0.25, 0.3) is 0 Å². The monoisotopic (exact) mass is 202 g/mol. The Labute approximate surface area is 86.5 Å². The Balaban J connectivity index is 2.22. The van der Waals surface area contributed by atoms with E-state index in [0.29, 0.717) is 0 Å². The molecular weight excluding hydrogens is 180 g/mol. The van der Waals surface area contributed by atoms with Crippen molar-refractivity contribution in [2.45, 2.75) is 26.3 Å². The van der Waals surface area contributed by atoms with Gasteiger partial charge in [-0.2, -0.15) is 11.8 Å². The average Bonchev–Trinajstić information content (AvgIpc) is 2.42. The van der Waals surface area contributed by atoms with Crippen molar-refractivity contribution < 1.29 is 0 Å². The molecular formula is C10H22N2S. The smallest absolute Gasteiger partial charge is 0.0158 e. The van der Waals surface area contributed by atoms with Crippen molar-refractivity contribution in [2.75, 3.05) is 37.7 Å². The third kappa shape index (κ3) is 4.34. The molecule has 0 saturated carbocycles. The molecule has 0 radical (unpaired) electrons. The van der Waals surface area contributed by atoms with Gasteiger partial charge in [-0.1, -0.05) is 6.92 Å². The molecule has 0 amide bonds. The van der Waals surface area contributed by atoms with Crippen LogP contribution in [-0.2, 0) is 0 Å². The van der Waals surface area contributed by atoms with Gasteiger partial charge in [-0.05, 0) is 32.2 Å². The van der Waals surface area contributed by atoms with Gasteiger partial charge in [0.15, 0.2) is 0 Å². The van der Waals surface area contributed by atoms with Crippen LogP contribution in [0.1, 0.15) is 20.3 Å². The van der Waals surface area contributed by atoms with Gasteiger partial charge in [-0.15, -0.1) is 0 Å². The van der Waals surface area contributed by atoms with Crippen molar-refractivity contribution >= 4 is 11.8 Å². The minimum atomic E-state index is 0.754. The van der Waals surface area contributed by atoms with E-state index in [-0.39, 0.29) is 0 Å². The Morgan fingerprint density at radius 1 is 1.38 bits per heavy atom. The summed E-state index contributed by atoms with van der Waals surface area (Å²) in [5.74, 6) is 2.53. The van der Waals surface area contributed by atoms with Crippen LogP contribution in [0, 0.1) is 0 Å². The van der Waals surface area contributed by atoms with Gasteiger partial charge in [0.05, 0.1) is 0 Å². The molecule has 0 aromatic rings. The number of nitrogens with zero attached hydrogens (tertiary/aromatic N) is 1. The van der Waals surface area contributed by atoms with Crippen LogP contribution in [0.2, 0.25) is 0 Å². The number of thioether (sulfide) groups is 1. The summed E-state index contributed by atoms with van der Waals surface area (Å²) in [6.07, 6.45) is 1.31. The molecule has 1 N–H and O–H groups in total. The third-order valence-electron chi connectivity index (χ3n) is 2.56. The number of rotatable bonds is 4. The van der Waals surface area contributed by atoms with Gasteiger partial charge in [0, 0.05) is 24.9 Å². The minimum Gasteiger partial charge on any atom is -0.315 e. The highest BCUT2D eigenvalue weighted by molar-refractivity contribution is 7.99. The lowest BCUT2D eigenvalue weighted by molar-refractivity contribution is 0.241. The summed E-state index contributed by atoms with van der Waals surface area (Å²) < 4.78 is 0. The molecule has 1 rings (SSSR count). The van der Waals surface area contributed by atoms with Gasteiger partial charge < -0.3 is 5.32 Å². The van der Waals surface area contributed by atoms with Crippen LogP contribution < -0.4 is 5.32 Å². The van der Waals surface area contributed by atoms with Crippen molar-refractivity contribution in [3.8, 4) is 0 Å². The first-order valence-corrected chi connectivity index (χ1v) is 6.52. The summed E-state index contributed by atoms with van der Waals surface area (Å²) in [7, 11) is 0. The highest BCUT2D eigenvalue weighted by Crippen LogP contribution is 2.09. The van der Waals surface area contributed by atoms with E-state index in [2.05, 4.69) is 35.8 Å². The van der Waals surface area contributed by atoms with E-state index in [4.69, 9.17) is 0 Å². The van der Waals surface area contributed by atoms with Crippen LogP contribution in [0.5, 0.6) is 0 Å². The summed E-state index contributed by atoms with van der Waals surface area (Å²) >= 11 is 2.05. The molecule has 1 saturated heterocycles. The second-order valence-corrected chi connectivity index (χ2v) is 4.97. The zero-order valence-electron chi connectivity index (χ0n) is 8.88. The highest BCUT2D eigenvalue weighted by Gasteiger charge is 2.14. The molecule has 1 fully saturated rings. The molecule has 0 aromatic carbocycles. The van der Waals surface area contributed by atoms with Gasteiger partial charge >= 0.3 is 0 Å². The fourth-order valence-corrected chi connectivity index (χ4v) is 2.49. The van der Waals surface area contributed by atoms with Crippen molar-refractivity contribution in [2.24, 2.45) is 0 Å². The summed E-state index contributed by atoms with van der Waals surface area (Å²) in [6.45, 7) is 9.46. The van der Waals surface area contributed by atoms with Crippen LogP contribution >= 0.6 is 11.8 Å². The zero-order valence-corrected chi connectivity index (χ0v) is 9.70. The van der Waals surface area contributed by atoms with E-state index in [9.17, 15) is 0 Å². The van der Waals surface area contributed by atoms with Crippen molar-refractivity contribution in [1.82, 2.24) is 10.2 Å². The van der Waals surface area contributed by atoms with Crippen molar-refractivity contribution in [3.05, 3.63) is 0 Å². The molecule has 0 bridgehead atoms. The molecule has 0 aliphatic carbocycles. The molecule has 1 atom stereocenters. The largest absolute Gasteiger partial charge is 0.315 e. The van der Waals surface area contributed by atoms with Gasteiger partial charge in [-0.25, -0.2) is 0 Å². The van der Waals surface area contributed by atoms with Gasteiger partial charge in [-0.3, -0.25) is 4.90 Å². The maximum atomic E-state index is 3.44. The van der Waals surface area contributed by atoms with Gasteiger partial charge in [0.2, 0.25) is 0 Å². The van der Waals surface area contributed by atoms with Gasteiger partial charge in [0.1, 0.15) is 0 Å². The van der Waals surface area contributed by atoms with Crippen LogP contribution in [0.15, 0.2) is 0 Å². The molecule has 78 valence electrons. The first-order valence-electron chi connectivity index (χ1n) is 5.37. The molecule has 2 nitrogen and oxygen atoms in total. The average molecular weight is 202 g/mol. The van der Waals surface area contributed by atoms with Crippen molar-refractivity contribution in [3.63, 3.8) is 0 Å². The quantitative estimate of drug-likeness (QED) is 0.742. The molecule has 1 aliphatic heterocycles. The first kappa shape index (κ1) is 11.3. The molecule has 3 heteroatoms. The van der Waals surface area contributed by atoms with E-state index in [1.54, 1.807) is 0 Å². The zero-order chi connectivity index (χ0) is 9.52. The molecule has 1 aliphatic rings. The van der Waals surface area contributed by atoms with Crippen molar-refractivity contribution in [1.29, 1.82) is 0 Å². The second kappa shape index (κ2) is 6.68. The van der Waals surface area contributed by atoms with Crippen LogP contribution in [0.4, 0.5) is 0 Å². The number of nitrogens with one attached hydrogen (secondary N) is 1. The van der Waals surface area contributed by atoms with Crippen LogP contribution in [0.3, 0.4) is 0 Å². The fraction of sp³-hybridized carbons (Fsp3) is 1.00. The summed E-state index contributed by atoms with van der Waals surface area (Å²) in [4.78, 5) is 2.61. The Morgan fingerprint density at radius 2 is 2.23 bits per heavy atom. The predicted octanol–water partition coefficient (Wildman–Crippen LogP) is 1.42. The SMILES string of the molecule is CCSCC(C)N1CCCNCC1. The number of hydrogen-bond acceptors (Lipinski definition) is 3. The number of hydrogen-bond donors (Lipinski definition) is 1. The predicted molar refractivity (Wildman–Crippen MR) is 61.5 cm³/mol. The van der Waals surface area contributed by atoms with E-state index in [1.807, 2.05) is 0 Å². The normalized spacial score (nSPS) is 22.6. The van der Waals surface area contributed by atoms with E-state index in [0.717, 1.165) is 6.04 Å². The lowest BCUT2D eigenvalue weighted by Gasteiger charge is -2.26. The third-order valence-corrected chi connectivity index (χ3v) is 3.69. The van der Waals surface area contributed by atoms with Crippen LogP contribution in [0.25, 0.3) is 0 Å². The maximum Gasteiger partial charge on any atom is 0.0158 e. The Kier molecular flexibility index (Phi) is 5.83. The van der Waals surface area contributed by atoms with E-state index < -0.39 is 0 Å². The van der Waals surface area contributed by atoms with Crippen LogP contribution in [-0.4, -0.2) is 48.6 Å². The molecule has 0 spiro atoms. The standard InChI is InChI=1S/C10H22N2S/c1-3-13-9-10(2)12-7-4-5-11-6-8-12/h10-11H,3-9H2,1-2H3. The van der Waals surface area contributed by atoms with E-state index in [1.165, 1.54) is 44.1 Å².